The summed E-state index contributed by atoms with van der Waals surface area (Å²) in [6, 6.07) is 0. The smallest absolute Gasteiger partial charge is 0.185 e. The SMILES string of the molecule is Cn1c(C=O)nc2c1CCN(CCCCC1(C=O)CCCC1)C2. The van der Waals surface area contributed by atoms with Gasteiger partial charge in [0.15, 0.2) is 12.1 Å². The molecule has 1 fully saturated rings. The van der Waals surface area contributed by atoms with E-state index in [9.17, 15) is 9.59 Å². The van der Waals surface area contributed by atoms with Crippen LogP contribution in [0.5, 0.6) is 0 Å². The van der Waals surface area contributed by atoms with Gasteiger partial charge < -0.3 is 9.36 Å². The fraction of sp³-hybridized carbons (Fsp3) is 0.722. The van der Waals surface area contributed by atoms with E-state index in [1.54, 1.807) is 0 Å². The number of aromatic nitrogens is 2. The number of aldehydes is 2. The minimum atomic E-state index is -0.00504. The summed E-state index contributed by atoms with van der Waals surface area (Å²) in [4.78, 5) is 29.2. The van der Waals surface area contributed by atoms with E-state index in [0.717, 1.165) is 70.1 Å². The fourth-order valence-corrected chi connectivity index (χ4v) is 4.22. The van der Waals surface area contributed by atoms with Crippen molar-refractivity contribution in [3.63, 3.8) is 0 Å². The van der Waals surface area contributed by atoms with Gasteiger partial charge in [0.25, 0.3) is 0 Å². The zero-order valence-electron chi connectivity index (χ0n) is 14.1. The summed E-state index contributed by atoms with van der Waals surface area (Å²) in [5, 5.41) is 0. The third-order valence-corrected chi connectivity index (χ3v) is 5.72. The van der Waals surface area contributed by atoms with Crippen LogP contribution in [-0.2, 0) is 24.8 Å². The highest BCUT2D eigenvalue weighted by Gasteiger charge is 2.32. The summed E-state index contributed by atoms with van der Waals surface area (Å²) < 4.78 is 1.92. The van der Waals surface area contributed by atoms with Crippen molar-refractivity contribution in [2.24, 2.45) is 12.5 Å². The van der Waals surface area contributed by atoms with Crippen LogP contribution in [0.4, 0.5) is 0 Å². The molecule has 0 N–H and O–H groups in total. The molecule has 0 aromatic carbocycles. The number of fused-ring (bicyclic) bond motifs is 1. The van der Waals surface area contributed by atoms with Gasteiger partial charge in [0.2, 0.25) is 0 Å². The van der Waals surface area contributed by atoms with Crippen molar-refractivity contribution in [2.45, 2.75) is 57.9 Å². The largest absolute Gasteiger partial charge is 0.329 e. The average Bonchev–Trinajstić information content (AvgIpc) is 3.17. The average molecular weight is 317 g/mol. The normalized spacial score (nSPS) is 20.4. The highest BCUT2D eigenvalue weighted by molar-refractivity contribution is 5.69. The van der Waals surface area contributed by atoms with Crippen LogP contribution in [0.15, 0.2) is 0 Å². The van der Waals surface area contributed by atoms with Crippen LogP contribution in [-0.4, -0.2) is 40.1 Å². The summed E-state index contributed by atoms with van der Waals surface area (Å²) in [5.74, 6) is 0.533. The van der Waals surface area contributed by atoms with Crippen molar-refractivity contribution in [1.29, 1.82) is 0 Å². The molecule has 0 atom stereocenters. The lowest BCUT2D eigenvalue weighted by Gasteiger charge is -2.27. The summed E-state index contributed by atoms with van der Waals surface area (Å²) in [6.07, 6.45) is 10.9. The lowest BCUT2D eigenvalue weighted by molar-refractivity contribution is -0.116. The first-order valence-corrected chi connectivity index (χ1v) is 8.86. The monoisotopic (exact) mass is 317 g/mol. The molecule has 3 rings (SSSR count). The summed E-state index contributed by atoms with van der Waals surface area (Å²) in [7, 11) is 1.92. The maximum Gasteiger partial charge on any atom is 0.185 e. The van der Waals surface area contributed by atoms with Crippen molar-refractivity contribution in [2.75, 3.05) is 13.1 Å². The molecule has 5 nitrogen and oxygen atoms in total. The number of unbranched alkanes of at least 4 members (excludes halogenated alkanes) is 1. The molecule has 0 bridgehead atoms. The van der Waals surface area contributed by atoms with Gasteiger partial charge in [0.05, 0.1) is 5.69 Å². The maximum atomic E-state index is 11.4. The van der Waals surface area contributed by atoms with E-state index in [0.29, 0.717) is 5.82 Å². The number of carbonyl (C=O) groups excluding carboxylic acids is 2. The van der Waals surface area contributed by atoms with E-state index < -0.39 is 0 Å². The molecule has 0 amide bonds. The Labute approximate surface area is 138 Å². The lowest BCUT2D eigenvalue weighted by atomic mass is 9.83. The molecular weight excluding hydrogens is 290 g/mol. The summed E-state index contributed by atoms with van der Waals surface area (Å²) in [5.41, 5.74) is 2.25. The number of imidazole rings is 1. The Kier molecular flexibility index (Phi) is 4.95. The zero-order valence-corrected chi connectivity index (χ0v) is 14.1. The minimum absolute atomic E-state index is 0.00504. The standard InChI is InChI=1S/C18H27N3O2/c1-20-16-6-11-21(12-15(16)19-17(20)13-22)10-5-4-9-18(14-23)7-2-3-8-18/h13-14H,2-12H2,1H3. The van der Waals surface area contributed by atoms with Gasteiger partial charge in [-0.05, 0) is 32.2 Å². The van der Waals surface area contributed by atoms with Crippen LogP contribution in [0.1, 0.15) is 67.0 Å². The van der Waals surface area contributed by atoms with Crippen molar-refractivity contribution in [3.05, 3.63) is 17.2 Å². The molecule has 126 valence electrons. The molecule has 0 spiro atoms. The quantitative estimate of drug-likeness (QED) is 0.573. The topological polar surface area (TPSA) is 55.2 Å². The maximum absolute atomic E-state index is 11.4. The Morgan fingerprint density at radius 3 is 2.70 bits per heavy atom. The Bertz CT molecular complexity index is 573. The lowest BCUT2D eigenvalue weighted by Crippen LogP contribution is -2.32. The highest BCUT2D eigenvalue weighted by Crippen LogP contribution is 2.40. The molecule has 0 unspecified atom stereocenters. The highest BCUT2D eigenvalue weighted by atomic mass is 16.1. The van der Waals surface area contributed by atoms with E-state index >= 15 is 0 Å². The number of hydrogen-bond donors (Lipinski definition) is 0. The van der Waals surface area contributed by atoms with E-state index in [2.05, 4.69) is 9.88 Å². The van der Waals surface area contributed by atoms with Crippen LogP contribution in [0.2, 0.25) is 0 Å². The molecule has 5 heteroatoms. The minimum Gasteiger partial charge on any atom is -0.329 e. The van der Waals surface area contributed by atoms with Crippen LogP contribution in [0.25, 0.3) is 0 Å². The van der Waals surface area contributed by atoms with Gasteiger partial charge in [-0.25, -0.2) is 4.98 Å². The second-order valence-electron chi connectivity index (χ2n) is 7.21. The summed E-state index contributed by atoms with van der Waals surface area (Å²) in [6.45, 7) is 2.93. The Morgan fingerprint density at radius 2 is 2.00 bits per heavy atom. The van der Waals surface area contributed by atoms with Gasteiger partial charge in [-0.3, -0.25) is 9.69 Å². The van der Waals surface area contributed by atoms with Crippen molar-refractivity contribution >= 4 is 12.6 Å². The van der Waals surface area contributed by atoms with E-state index in [4.69, 9.17) is 0 Å². The van der Waals surface area contributed by atoms with Gasteiger partial charge in [-0.15, -0.1) is 0 Å². The molecule has 1 aromatic heterocycles. The second kappa shape index (κ2) is 6.95. The molecular formula is C18H27N3O2. The van der Waals surface area contributed by atoms with E-state index in [1.807, 2.05) is 11.6 Å². The third-order valence-electron chi connectivity index (χ3n) is 5.72. The second-order valence-corrected chi connectivity index (χ2v) is 7.21. The molecule has 23 heavy (non-hydrogen) atoms. The van der Waals surface area contributed by atoms with Gasteiger partial charge in [0.1, 0.15) is 6.29 Å². The van der Waals surface area contributed by atoms with E-state index in [-0.39, 0.29) is 5.41 Å². The molecule has 1 aliphatic carbocycles. The van der Waals surface area contributed by atoms with Crippen LogP contribution in [0.3, 0.4) is 0 Å². The molecule has 0 saturated heterocycles. The molecule has 2 heterocycles. The first-order valence-electron chi connectivity index (χ1n) is 8.86. The van der Waals surface area contributed by atoms with Crippen LogP contribution >= 0.6 is 0 Å². The number of rotatable bonds is 7. The first kappa shape index (κ1) is 16.4. The third kappa shape index (κ3) is 3.39. The Hall–Kier alpha value is -1.49. The van der Waals surface area contributed by atoms with Crippen molar-refractivity contribution in [1.82, 2.24) is 14.5 Å². The first-order chi connectivity index (χ1) is 11.2. The number of carbonyl (C=O) groups is 2. The van der Waals surface area contributed by atoms with Gasteiger partial charge >= 0.3 is 0 Å². The van der Waals surface area contributed by atoms with Crippen LogP contribution < -0.4 is 0 Å². The molecule has 1 saturated carbocycles. The van der Waals surface area contributed by atoms with Gasteiger partial charge in [0, 0.05) is 37.7 Å². The predicted octanol–water partition coefficient (Wildman–Crippen LogP) is 2.52. The zero-order chi connectivity index (χ0) is 16.3. The molecule has 0 radical (unpaired) electrons. The Balaban J connectivity index is 1.46. The number of hydrogen-bond acceptors (Lipinski definition) is 4. The fourth-order valence-electron chi connectivity index (χ4n) is 4.22. The molecule has 1 aromatic rings. The van der Waals surface area contributed by atoms with E-state index in [1.165, 1.54) is 24.8 Å². The van der Waals surface area contributed by atoms with Crippen molar-refractivity contribution in [3.8, 4) is 0 Å². The van der Waals surface area contributed by atoms with Crippen molar-refractivity contribution < 1.29 is 9.59 Å². The predicted molar refractivity (Wildman–Crippen MR) is 88.4 cm³/mol. The molecule has 2 aliphatic rings. The van der Waals surface area contributed by atoms with Crippen LogP contribution in [0, 0.1) is 5.41 Å². The summed E-state index contributed by atoms with van der Waals surface area (Å²) >= 11 is 0. The Morgan fingerprint density at radius 1 is 1.22 bits per heavy atom. The molecule has 1 aliphatic heterocycles. The van der Waals surface area contributed by atoms with Gasteiger partial charge in [-0.1, -0.05) is 19.3 Å². The van der Waals surface area contributed by atoms with Gasteiger partial charge in [-0.2, -0.15) is 0 Å². The number of nitrogens with zero attached hydrogens (tertiary/aromatic N) is 3.